The van der Waals surface area contributed by atoms with E-state index in [4.69, 9.17) is 5.11 Å². The highest BCUT2D eigenvalue weighted by Gasteiger charge is 2.15. The molecule has 0 bridgehead atoms. The van der Waals surface area contributed by atoms with E-state index >= 15 is 0 Å². The Morgan fingerprint density at radius 2 is 1.80 bits per heavy atom. The summed E-state index contributed by atoms with van der Waals surface area (Å²) in [6.07, 6.45) is 5.18. The molecule has 2 nitrogen and oxygen atoms in total. The van der Waals surface area contributed by atoms with Gasteiger partial charge in [-0.3, -0.25) is 0 Å². The van der Waals surface area contributed by atoms with Crippen LogP contribution in [0.15, 0.2) is 24.3 Å². The van der Waals surface area contributed by atoms with Gasteiger partial charge in [0.15, 0.2) is 0 Å². The minimum absolute atomic E-state index is 0.139. The summed E-state index contributed by atoms with van der Waals surface area (Å²) in [5.41, 5.74) is 2.34. The molecule has 0 unspecified atom stereocenters. The molecule has 0 atom stereocenters. The lowest BCUT2D eigenvalue weighted by atomic mass is 9.93. The second-order valence-corrected chi connectivity index (χ2v) is 4.31. The SMILES string of the molecule is OCc1ccc(CCNC2CCC2)cc1. The van der Waals surface area contributed by atoms with Gasteiger partial charge in [0, 0.05) is 6.04 Å². The van der Waals surface area contributed by atoms with Crippen LogP contribution < -0.4 is 5.32 Å². The first-order valence-corrected chi connectivity index (χ1v) is 5.80. The van der Waals surface area contributed by atoms with Crippen molar-refractivity contribution in [3.63, 3.8) is 0 Å². The van der Waals surface area contributed by atoms with Crippen molar-refractivity contribution < 1.29 is 5.11 Å². The predicted octanol–water partition coefficient (Wildman–Crippen LogP) is 1.86. The molecule has 1 aliphatic carbocycles. The standard InChI is InChI=1S/C13H19NO/c15-10-12-6-4-11(5-7-12)8-9-14-13-2-1-3-13/h4-7,13-15H,1-3,8-10H2. The quantitative estimate of drug-likeness (QED) is 0.769. The Hall–Kier alpha value is -0.860. The highest BCUT2D eigenvalue weighted by Crippen LogP contribution is 2.17. The molecular formula is C13H19NO. The Bertz CT molecular complexity index is 290. The van der Waals surface area contributed by atoms with Gasteiger partial charge in [-0.1, -0.05) is 30.7 Å². The Balaban J connectivity index is 1.72. The third kappa shape index (κ3) is 3.05. The van der Waals surface area contributed by atoms with Gasteiger partial charge >= 0.3 is 0 Å². The van der Waals surface area contributed by atoms with Crippen LogP contribution in [0.4, 0.5) is 0 Å². The van der Waals surface area contributed by atoms with Crippen molar-refractivity contribution in [2.75, 3.05) is 6.54 Å². The van der Waals surface area contributed by atoms with Crippen LogP contribution in [0.25, 0.3) is 0 Å². The van der Waals surface area contributed by atoms with Gasteiger partial charge in [0.05, 0.1) is 6.61 Å². The molecule has 0 amide bonds. The van der Waals surface area contributed by atoms with E-state index in [1.807, 2.05) is 12.1 Å². The van der Waals surface area contributed by atoms with E-state index in [-0.39, 0.29) is 6.61 Å². The van der Waals surface area contributed by atoms with Crippen molar-refractivity contribution in [1.82, 2.24) is 5.32 Å². The summed E-state index contributed by atoms with van der Waals surface area (Å²) in [6.45, 7) is 1.21. The third-order valence-electron chi connectivity index (χ3n) is 3.16. The lowest BCUT2D eigenvalue weighted by Gasteiger charge is -2.26. The number of aliphatic hydroxyl groups is 1. The van der Waals surface area contributed by atoms with Crippen LogP contribution in [0.2, 0.25) is 0 Å². The molecule has 15 heavy (non-hydrogen) atoms. The van der Waals surface area contributed by atoms with Gasteiger partial charge in [0.25, 0.3) is 0 Å². The molecule has 1 aromatic carbocycles. The fraction of sp³-hybridized carbons (Fsp3) is 0.538. The van der Waals surface area contributed by atoms with Crippen LogP contribution in [0.5, 0.6) is 0 Å². The first-order valence-electron chi connectivity index (χ1n) is 5.80. The second-order valence-electron chi connectivity index (χ2n) is 4.31. The van der Waals surface area contributed by atoms with Crippen molar-refractivity contribution in [3.8, 4) is 0 Å². The lowest BCUT2D eigenvalue weighted by molar-refractivity contribution is 0.282. The molecule has 1 aliphatic rings. The van der Waals surface area contributed by atoms with Crippen LogP contribution in [0.1, 0.15) is 30.4 Å². The molecule has 2 rings (SSSR count). The summed E-state index contributed by atoms with van der Waals surface area (Å²) >= 11 is 0. The van der Waals surface area contributed by atoms with Crippen molar-refractivity contribution in [2.45, 2.75) is 38.3 Å². The van der Waals surface area contributed by atoms with E-state index in [0.717, 1.165) is 24.6 Å². The van der Waals surface area contributed by atoms with E-state index in [2.05, 4.69) is 17.4 Å². The fourth-order valence-corrected chi connectivity index (χ4v) is 1.84. The molecule has 1 aromatic rings. The number of hydrogen-bond acceptors (Lipinski definition) is 2. The molecule has 0 aliphatic heterocycles. The van der Waals surface area contributed by atoms with Crippen molar-refractivity contribution in [1.29, 1.82) is 0 Å². The predicted molar refractivity (Wildman–Crippen MR) is 61.7 cm³/mol. The Morgan fingerprint density at radius 3 is 2.33 bits per heavy atom. The molecular weight excluding hydrogens is 186 g/mol. The van der Waals surface area contributed by atoms with Crippen molar-refractivity contribution >= 4 is 0 Å². The van der Waals surface area contributed by atoms with Gasteiger partial charge < -0.3 is 10.4 Å². The molecule has 0 spiro atoms. The first kappa shape index (κ1) is 10.7. The lowest BCUT2D eigenvalue weighted by Crippen LogP contribution is -2.36. The molecule has 1 saturated carbocycles. The van der Waals surface area contributed by atoms with Gasteiger partial charge in [-0.25, -0.2) is 0 Å². The molecule has 2 heteroatoms. The number of benzene rings is 1. The van der Waals surface area contributed by atoms with Gasteiger partial charge in [0.2, 0.25) is 0 Å². The number of aliphatic hydroxyl groups excluding tert-OH is 1. The van der Waals surface area contributed by atoms with E-state index in [1.54, 1.807) is 0 Å². The fourth-order valence-electron chi connectivity index (χ4n) is 1.84. The molecule has 0 aromatic heterocycles. The number of hydrogen-bond donors (Lipinski definition) is 2. The van der Waals surface area contributed by atoms with Gasteiger partial charge in [-0.05, 0) is 36.9 Å². The Kier molecular flexibility index (Phi) is 3.75. The molecule has 0 heterocycles. The Morgan fingerprint density at radius 1 is 1.13 bits per heavy atom. The molecule has 1 fully saturated rings. The molecule has 82 valence electrons. The number of nitrogens with one attached hydrogen (secondary N) is 1. The average Bonchev–Trinajstić information content (AvgIpc) is 2.23. The summed E-state index contributed by atoms with van der Waals surface area (Å²) in [4.78, 5) is 0. The van der Waals surface area contributed by atoms with Crippen LogP contribution in [0.3, 0.4) is 0 Å². The largest absolute Gasteiger partial charge is 0.392 e. The monoisotopic (exact) mass is 205 g/mol. The molecule has 0 radical (unpaired) electrons. The zero-order chi connectivity index (χ0) is 10.5. The van der Waals surface area contributed by atoms with Gasteiger partial charge in [-0.2, -0.15) is 0 Å². The third-order valence-corrected chi connectivity index (χ3v) is 3.16. The van der Waals surface area contributed by atoms with Crippen molar-refractivity contribution in [2.24, 2.45) is 0 Å². The normalized spacial score (nSPS) is 16.3. The highest BCUT2D eigenvalue weighted by atomic mass is 16.3. The summed E-state index contributed by atoms with van der Waals surface area (Å²) in [5.74, 6) is 0. The molecule has 2 N–H and O–H groups in total. The minimum Gasteiger partial charge on any atom is -0.392 e. The van der Waals surface area contributed by atoms with Crippen LogP contribution in [0, 0.1) is 0 Å². The van der Waals surface area contributed by atoms with Gasteiger partial charge in [-0.15, -0.1) is 0 Å². The number of rotatable bonds is 5. The summed E-state index contributed by atoms with van der Waals surface area (Å²) in [6, 6.07) is 8.99. The first-order chi connectivity index (χ1) is 7.38. The van der Waals surface area contributed by atoms with Gasteiger partial charge in [0.1, 0.15) is 0 Å². The van der Waals surface area contributed by atoms with E-state index in [1.165, 1.54) is 24.8 Å². The van der Waals surface area contributed by atoms with Crippen molar-refractivity contribution in [3.05, 3.63) is 35.4 Å². The maximum atomic E-state index is 8.90. The van der Waals surface area contributed by atoms with Crippen LogP contribution >= 0.6 is 0 Å². The Labute approximate surface area is 91.3 Å². The zero-order valence-corrected chi connectivity index (χ0v) is 9.08. The summed E-state index contributed by atoms with van der Waals surface area (Å²) < 4.78 is 0. The smallest absolute Gasteiger partial charge is 0.0681 e. The van der Waals surface area contributed by atoms with Crippen LogP contribution in [-0.4, -0.2) is 17.7 Å². The molecule has 0 saturated heterocycles. The topological polar surface area (TPSA) is 32.3 Å². The highest BCUT2D eigenvalue weighted by molar-refractivity contribution is 5.22. The second kappa shape index (κ2) is 5.29. The maximum absolute atomic E-state index is 8.90. The van der Waals surface area contributed by atoms with E-state index in [9.17, 15) is 0 Å². The average molecular weight is 205 g/mol. The van der Waals surface area contributed by atoms with E-state index < -0.39 is 0 Å². The van der Waals surface area contributed by atoms with E-state index in [0.29, 0.717) is 0 Å². The minimum atomic E-state index is 0.139. The summed E-state index contributed by atoms with van der Waals surface area (Å²) in [7, 11) is 0. The summed E-state index contributed by atoms with van der Waals surface area (Å²) in [5, 5.41) is 12.5. The zero-order valence-electron chi connectivity index (χ0n) is 9.08. The maximum Gasteiger partial charge on any atom is 0.0681 e. The van der Waals surface area contributed by atoms with Crippen LogP contribution in [-0.2, 0) is 13.0 Å².